The molecule has 1 aromatic rings. The predicted molar refractivity (Wildman–Crippen MR) is 61.8 cm³/mol. The van der Waals surface area contributed by atoms with Gasteiger partial charge in [0.2, 0.25) is 0 Å². The van der Waals surface area contributed by atoms with E-state index in [4.69, 9.17) is 5.73 Å². The van der Waals surface area contributed by atoms with Crippen molar-refractivity contribution in [2.75, 3.05) is 7.05 Å². The molecule has 0 bridgehead atoms. The summed E-state index contributed by atoms with van der Waals surface area (Å²) in [5, 5.41) is 2.88. The van der Waals surface area contributed by atoms with E-state index in [2.05, 4.69) is 55.6 Å². The first kappa shape index (κ1) is 11.9. The van der Waals surface area contributed by atoms with Crippen LogP contribution in [0, 0.1) is 13.8 Å². The Morgan fingerprint density at radius 2 is 1.69 bits per heavy atom. The maximum absolute atomic E-state index is 4.91. The molecule has 3 N–H and O–H groups in total. The van der Waals surface area contributed by atoms with Gasteiger partial charge in [-0.1, -0.05) is 35.4 Å². The van der Waals surface area contributed by atoms with Crippen LogP contribution in [0.25, 0.3) is 0 Å². The van der Waals surface area contributed by atoms with Crippen LogP contribution in [0.15, 0.2) is 24.3 Å². The lowest BCUT2D eigenvalue weighted by molar-refractivity contribution is 1.18. The van der Waals surface area contributed by atoms with Crippen LogP contribution >= 0.6 is 12.2 Å². The third-order valence-corrected chi connectivity index (χ3v) is 1.62. The van der Waals surface area contributed by atoms with Gasteiger partial charge in [-0.25, -0.2) is 0 Å². The van der Waals surface area contributed by atoms with E-state index < -0.39 is 0 Å². The van der Waals surface area contributed by atoms with Crippen molar-refractivity contribution in [2.24, 2.45) is 5.73 Å². The van der Waals surface area contributed by atoms with Crippen LogP contribution in [0.1, 0.15) is 11.1 Å². The van der Waals surface area contributed by atoms with Crippen LogP contribution < -0.4 is 11.1 Å². The second-order valence-electron chi connectivity index (χ2n) is 2.77. The molecule has 0 heterocycles. The molecule has 0 amide bonds. The van der Waals surface area contributed by atoms with E-state index in [9.17, 15) is 0 Å². The Balaban J connectivity index is 0.000000252. The third-order valence-electron chi connectivity index (χ3n) is 1.42. The maximum Gasteiger partial charge on any atom is 0.163 e. The highest BCUT2D eigenvalue weighted by Gasteiger charge is 1.80. The van der Waals surface area contributed by atoms with Crippen LogP contribution in [0.2, 0.25) is 0 Å². The van der Waals surface area contributed by atoms with E-state index in [-0.39, 0.29) is 0 Å². The van der Waals surface area contributed by atoms with Crippen molar-refractivity contribution in [3.63, 3.8) is 0 Å². The van der Waals surface area contributed by atoms with Crippen LogP contribution in [0.5, 0.6) is 0 Å². The summed E-state index contributed by atoms with van der Waals surface area (Å²) in [6.45, 7) is 4.21. The van der Waals surface area contributed by atoms with E-state index in [1.807, 2.05) is 0 Å². The molecule has 0 unspecified atom stereocenters. The van der Waals surface area contributed by atoms with E-state index in [1.54, 1.807) is 7.05 Å². The molecule has 0 aromatic heterocycles. The Morgan fingerprint density at radius 1 is 1.31 bits per heavy atom. The van der Waals surface area contributed by atoms with Gasteiger partial charge in [-0.2, -0.15) is 0 Å². The first-order valence-electron chi connectivity index (χ1n) is 4.06. The molecule has 13 heavy (non-hydrogen) atoms. The zero-order valence-corrected chi connectivity index (χ0v) is 9.11. The van der Waals surface area contributed by atoms with E-state index in [1.165, 1.54) is 11.1 Å². The SMILES string of the molecule is CNC(N)=S.Cc1cccc(C)c1. The summed E-state index contributed by atoms with van der Waals surface area (Å²) in [6.07, 6.45) is 0. The molecular weight excluding hydrogens is 180 g/mol. The first-order valence-corrected chi connectivity index (χ1v) is 4.47. The Bertz CT molecular complexity index is 254. The average molecular weight is 196 g/mol. The van der Waals surface area contributed by atoms with Gasteiger partial charge in [0.1, 0.15) is 0 Å². The summed E-state index contributed by atoms with van der Waals surface area (Å²) in [5.41, 5.74) is 7.59. The van der Waals surface area contributed by atoms with Crippen molar-refractivity contribution in [3.05, 3.63) is 35.4 Å². The lowest BCUT2D eigenvalue weighted by Crippen LogP contribution is -2.24. The van der Waals surface area contributed by atoms with E-state index in [0.717, 1.165) is 0 Å². The van der Waals surface area contributed by atoms with Gasteiger partial charge in [0.15, 0.2) is 5.11 Å². The molecule has 0 spiro atoms. The summed E-state index contributed by atoms with van der Waals surface area (Å²) in [4.78, 5) is 0. The zero-order valence-electron chi connectivity index (χ0n) is 8.29. The molecule has 1 rings (SSSR count). The minimum absolute atomic E-state index is 0.338. The van der Waals surface area contributed by atoms with E-state index in [0.29, 0.717) is 5.11 Å². The first-order chi connectivity index (χ1) is 6.06. The van der Waals surface area contributed by atoms with Crippen LogP contribution in [-0.2, 0) is 0 Å². The third kappa shape index (κ3) is 7.28. The standard InChI is InChI=1S/C8H10.C2H6N2S/c1-7-4-3-5-8(2)6-7;1-4-2(3)5/h3-6H,1-2H3;1H3,(H3,3,4,5). The molecule has 0 saturated carbocycles. The highest BCUT2D eigenvalue weighted by atomic mass is 32.1. The number of hydrogen-bond donors (Lipinski definition) is 2. The van der Waals surface area contributed by atoms with Gasteiger partial charge in [-0.15, -0.1) is 0 Å². The minimum Gasteiger partial charge on any atom is -0.376 e. The molecule has 2 nitrogen and oxygen atoms in total. The molecule has 72 valence electrons. The van der Waals surface area contributed by atoms with Gasteiger partial charge in [0, 0.05) is 7.05 Å². The van der Waals surface area contributed by atoms with Gasteiger partial charge in [-0.3, -0.25) is 0 Å². The van der Waals surface area contributed by atoms with Crippen LogP contribution in [0.3, 0.4) is 0 Å². The Morgan fingerprint density at radius 3 is 1.85 bits per heavy atom. The van der Waals surface area contributed by atoms with Gasteiger partial charge >= 0.3 is 0 Å². The van der Waals surface area contributed by atoms with Crippen molar-refractivity contribution in [3.8, 4) is 0 Å². The van der Waals surface area contributed by atoms with Crippen molar-refractivity contribution in [2.45, 2.75) is 13.8 Å². The predicted octanol–water partition coefficient (Wildman–Crippen LogP) is 1.75. The molecule has 0 fully saturated rings. The second kappa shape index (κ2) is 6.43. The van der Waals surface area contributed by atoms with Crippen molar-refractivity contribution in [1.29, 1.82) is 0 Å². The van der Waals surface area contributed by atoms with Gasteiger partial charge < -0.3 is 11.1 Å². The minimum atomic E-state index is 0.338. The highest BCUT2D eigenvalue weighted by molar-refractivity contribution is 7.80. The molecule has 0 aliphatic carbocycles. The summed E-state index contributed by atoms with van der Waals surface area (Å²) < 4.78 is 0. The molecule has 0 atom stereocenters. The number of benzene rings is 1. The smallest absolute Gasteiger partial charge is 0.163 e. The van der Waals surface area contributed by atoms with Gasteiger partial charge in [-0.05, 0) is 26.1 Å². The summed E-state index contributed by atoms with van der Waals surface area (Å²) in [6, 6.07) is 8.45. The molecule has 0 aliphatic heterocycles. The van der Waals surface area contributed by atoms with Crippen molar-refractivity contribution in [1.82, 2.24) is 5.32 Å². The monoisotopic (exact) mass is 196 g/mol. The highest BCUT2D eigenvalue weighted by Crippen LogP contribution is 2.00. The molecule has 0 aliphatic rings. The zero-order chi connectivity index (χ0) is 10.3. The average Bonchev–Trinajstić information content (AvgIpc) is 2.05. The fourth-order valence-electron chi connectivity index (χ4n) is 0.807. The van der Waals surface area contributed by atoms with Crippen molar-refractivity contribution >= 4 is 17.3 Å². The molecule has 1 aromatic carbocycles. The fraction of sp³-hybridized carbons (Fsp3) is 0.300. The van der Waals surface area contributed by atoms with E-state index >= 15 is 0 Å². The largest absolute Gasteiger partial charge is 0.376 e. The number of aryl methyl sites for hydroxylation is 2. The van der Waals surface area contributed by atoms with Crippen molar-refractivity contribution < 1.29 is 0 Å². The fourth-order valence-corrected chi connectivity index (χ4v) is 0.807. The lowest BCUT2D eigenvalue weighted by atomic mass is 10.2. The quantitative estimate of drug-likeness (QED) is 0.621. The number of rotatable bonds is 0. The number of thiocarbonyl (C=S) groups is 1. The molecule has 0 radical (unpaired) electrons. The van der Waals surface area contributed by atoms with Gasteiger partial charge in [0.25, 0.3) is 0 Å². The Labute approximate surface area is 85.1 Å². The second-order valence-corrected chi connectivity index (χ2v) is 3.21. The summed E-state index contributed by atoms with van der Waals surface area (Å²) in [5.74, 6) is 0. The van der Waals surface area contributed by atoms with Crippen LogP contribution in [-0.4, -0.2) is 12.2 Å². The number of hydrogen-bond acceptors (Lipinski definition) is 1. The summed E-state index contributed by atoms with van der Waals surface area (Å²) in [7, 11) is 1.68. The van der Waals surface area contributed by atoms with Crippen LogP contribution in [0.4, 0.5) is 0 Å². The van der Waals surface area contributed by atoms with Gasteiger partial charge in [0.05, 0.1) is 0 Å². The molecular formula is C10H16N2S. The number of nitrogens with one attached hydrogen (secondary N) is 1. The normalized spacial score (nSPS) is 8.23. The molecule has 3 heteroatoms. The lowest BCUT2D eigenvalue weighted by Gasteiger charge is -1.90. The Kier molecular flexibility index (Phi) is 5.89. The maximum atomic E-state index is 4.91. The number of nitrogens with two attached hydrogens (primary N) is 1. The summed E-state index contributed by atoms with van der Waals surface area (Å²) >= 11 is 4.36. The molecule has 0 saturated heterocycles. The topological polar surface area (TPSA) is 38.0 Å². The Hall–Kier alpha value is -1.09.